The summed E-state index contributed by atoms with van der Waals surface area (Å²) in [7, 11) is 0. The van der Waals surface area contributed by atoms with E-state index in [1.807, 2.05) is 0 Å². The van der Waals surface area contributed by atoms with E-state index in [1.165, 1.54) is 6.42 Å². The summed E-state index contributed by atoms with van der Waals surface area (Å²) in [5.74, 6) is 2.05. The smallest absolute Gasteiger partial charge is 0.226 e. The number of likely N-dealkylation sites (tertiary alicyclic amines) is 1. The van der Waals surface area contributed by atoms with Crippen molar-refractivity contribution in [2.75, 3.05) is 11.9 Å². The van der Waals surface area contributed by atoms with Crippen molar-refractivity contribution in [1.29, 1.82) is 0 Å². The van der Waals surface area contributed by atoms with Crippen LogP contribution in [0.2, 0.25) is 0 Å². The van der Waals surface area contributed by atoms with Gasteiger partial charge in [0.2, 0.25) is 5.91 Å². The highest BCUT2D eigenvalue weighted by atomic mass is 79.9. The zero-order valence-corrected chi connectivity index (χ0v) is 10.5. The Morgan fingerprint density at radius 3 is 2.57 bits per heavy atom. The van der Waals surface area contributed by atoms with Crippen LogP contribution < -0.4 is 0 Å². The van der Waals surface area contributed by atoms with Gasteiger partial charge in [-0.2, -0.15) is 0 Å². The van der Waals surface area contributed by atoms with E-state index in [9.17, 15) is 4.79 Å². The lowest BCUT2D eigenvalue weighted by Gasteiger charge is -2.25. The zero-order valence-electron chi connectivity index (χ0n) is 8.87. The number of hydrogen-bond donors (Lipinski definition) is 0. The molecule has 1 heterocycles. The molecular formula is C11H18BrNO. The molecule has 0 bridgehead atoms. The lowest BCUT2D eigenvalue weighted by atomic mass is 10.1. The summed E-state index contributed by atoms with van der Waals surface area (Å²) in [6, 6.07) is 0.440. The third kappa shape index (κ3) is 1.71. The van der Waals surface area contributed by atoms with E-state index >= 15 is 0 Å². The molecule has 1 aliphatic carbocycles. The first-order valence-corrected chi connectivity index (χ1v) is 6.63. The average molecular weight is 260 g/mol. The summed E-state index contributed by atoms with van der Waals surface area (Å²) in [4.78, 5) is 14.1. The van der Waals surface area contributed by atoms with Crippen molar-refractivity contribution in [3.8, 4) is 0 Å². The van der Waals surface area contributed by atoms with Crippen molar-refractivity contribution in [3.63, 3.8) is 0 Å². The predicted molar refractivity (Wildman–Crippen MR) is 60.3 cm³/mol. The minimum atomic E-state index is 0.349. The molecule has 1 saturated carbocycles. The zero-order chi connectivity index (χ0) is 10.3. The van der Waals surface area contributed by atoms with E-state index in [1.54, 1.807) is 0 Å². The van der Waals surface area contributed by atoms with Crippen molar-refractivity contribution >= 4 is 21.8 Å². The van der Waals surface area contributed by atoms with Crippen LogP contribution in [0.3, 0.4) is 0 Å². The van der Waals surface area contributed by atoms with Crippen molar-refractivity contribution in [2.24, 2.45) is 17.8 Å². The Kier molecular flexibility index (Phi) is 2.87. The fraction of sp³-hybridized carbons (Fsp3) is 0.909. The van der Waals surface area contributed by atoms with E-state index in [0.29, 0.717) is 29.7 Å². The summed E-state index contributed by atoms with van der Waals surface area (Å²) in [6.45, 7) is 5.39. The van der Waals surface area contributed by atoms with Crippen LogP contribution in [-0.2, 0) is 4.79 Å². The van der Waals surface area contributed by atoms with Gasteiger partial charge in [-0.1, -0.05) is 29.8 Å². The Balaban J connectivity index is 2.00. The molecular weight excluding hydrogens is 242 g/mol. The first-order valence-electron chi connectivity index (χ1n) is 5.51. The van der Waals surface area contributed by atoms with Gasteiger partial charge >= 0.3 is 0 Å². The van der Waals surface area contributed by atoms with Gasteiger partial charge < -0.3 is 4.90 Å². The van der Waals surface area contributed by atoms with E-state index in [2.05, 4.69) is 34.7 Å². The number of hydrogen-bond acceptors (Lipinski definition) is 1. The number of nitrogens with zero attached hydrogens (tertiary/aromatic N) is 1. The quantitative estimate of drug-likeness (QED) is 0.697. The van der Waals surface area contributed by atoms with E-state index in [4.69, 9.17) is 0 Å². The minimum Gasteiger partial charge on any atom is -0.338 e. The Morgan fingerprint density at radius 2 is 2.07 bits per heavy atom. The average Bonchev–Trinajstić information content (AvgIpc) is 2.76. The Hall–Kier alpha value is -0.0500. The number of carbonyl (C=O) groups excluding carboxylic acids is 1. The lowest BCUT2D eigenvalue weighted by Crippen LogP contribution is -2.39. The molecule has 2 rings (SSSR count). The highest BCUT2D eigenvalue weighted by molar-refractivity contribution is 9.09. The van der Waals surface area contributed by atoms with Gasteiger partial charge in [0.1, 0.15) is 0 Å². The van der Waals surface area contributed by atoms with Gasteiger partial charge in [-0.05, 0) is 24.7 Å². The third-order valence-corrected chi connectivity index (χ3v) is 4.41. The SMILES string of the molecule is CC1CC1C(=O)N1CCC(C)C1CBr. The molecule has 2 aliphatic rings. The van der Waals surface area contributed by atoms with Crippen LogP contribution in [0.4, 0.5) is 0 Å². The van der Waals surface area contributed by atoms with Crippen molar-refractivity contribution < 1.29 is 4.79 Å². The van der Waals surface area contributed by atoms with Gasteiger partial charge in [0.15, 0.2) is 0 Å². The number of carbonyl (C=O) groups is 1. The number of alkyl halides is 1. The maximum Gasteiger partial charge on any atom is 0.226 e. The highest BCUT2D eigenvalue weighted by Crippen LogP contribution is 2.41. The summed E-state index contributed by atoms with van der Waals surface area (Å²) >= 11 is 3.52. The maximum absolute atomic E-state index is 12.0. The van der Waals surface area contributed by atoms with Crippen LogP contribution in [0.15, 0.2) is 0 Å². The minimum absolute atomic E-state index is 0.349. The molecule has 4 atom stereocenters. The van der Waals surface area contributed by atoms with Crippen LogP contribution >= 0.6 is 15.9 Å². The van der Waals surface area contributed by atoms with Crippen LogP contribution in [-0.4, -0.2) is 28.7 Å². The molecule has 0 aromatic rings. The van der Waals surface area contributed by atoms with E-state index in [-0.39, 0.29) is 0 Å². The molecule has 0 aromatic heterocycles. The fourth-order valence-electron chi connectivity index (χ4n) is 2.40. The molecule has 1 amide bonds. The largest absolute Gasteiger partial charge is 0.338 e. The Bertz CT molecular complexity index is 243. The molecule has 3 heteroatoms. The maximum atomic E-state index is 12.0. The molecule has 80 valence electrons. The van der Waals surface area contributed by atoms with E-state index < -0.39 is 0 Å². The second-order valence-electron chi connectivity index (χ2n) is 4.84. The molecule has 4 unspecified atom stereocenters. The van der Waals surface area contributed by atoms with Crippen LogP contribution in [0.5, 0.6) is 0 Å². The van der Waals surface area contributed by atoms with Gasteiger partial charge in [0.05, 0.1) is 0 Å². The molecule has 2 fully saturated rings. The molecule has 0 aromatic carbocycles. The topological polar surface area (TPSA) is 20.3 Å². The molecule has 2 nitrogen and oxygen atoms in total. The van der Waals surface area contributed by atoms with Crippen LogP contribution in [0, 0.1) is 17.8 Å². The molecule has 1 aliphatic heterocycles. The molecule has 0 spiro atoms. The Labute approximate surface area is 94.2 Å². The second-order valence-corrected chi connectivity index (χ2v) is 5.49. The first kappa shape index (κ1) is 10.5. The van der Waals surface area contributed by atoms with Crippen LogP contribution in [0.1, 0.15) is 26.7 Å². The molecule has 0 N–H and O–H groups in total. The highest BCUT2D eigenvalue weighted by Gasteiger charge is 2.45. The van der Waals surface area contributed by atoms with Gasteiger partial charge in [-0.3, -0.25) is 4.79 Å². The number of rotatable bonds is 2. The molecule has 1 saturated heterocycles. The van der Waals surface area contributed by atoms with Crippen LogP contribution in [0.25, 0.3) is 0 Å². The van der Waals surface area contributed by atoms with Gasteiger partial charge in [-0.15, -0.1) is 0 Å². The second kappa shape index (κ2) is 3.84. The summed E-state index contributed by atoms with van der Waals surface area (Å²) in [6.07, 6.45) is 2.28. The lowest BCUT2D eigenvalue weighted by molar-refractivity contribution is -0.133. The summed E-state index contributed by atoms with van der Waals surface area (Å²) in [5.41, 5.74) is 0. The number of amides is 1. The fourth-order valence-corrected chi connectivity index (χ4v) is 3.38. The predicted octanol–water partition coefficient (Wildman–Crippen LogP) is 2.27. The van der Waals surface area contributed by atoms with Crippen molar-refractivity contribution in [2.45, 2.75) is 32.7 Å². The monoisotopic (exact) mass is 259 g/mol. The standard InChI is InChI=1S/C11H18BrNO/c1-7-3-4-13(10(7)6-12)11(14)9-5-8(9)2/h7-10H,3-6H2,1-2H3. The number of halogens is 1. The summed E-state index contributed by atoms with van der Waals surface area (Å²) in [5, 5.41) is 0.932. The van der Waals surface area contributed by atoms with Gasteiger partial charge in [-0.25, -0.2) is 0 Å². The Morgan fingerprint density at radius 1 is 1.43 bits per heavy atom. The first-order chi connectivity index (χ1) is 6.65. The van der Waals surface area contributed by atoms with Crippen molar-refractivity contribution in [3.05, 3.63) is 0 Å². The molecule has 14 heavy (non-hydrogen) atoms. The van der Waals surface area contributed by atoms with Crippen molar-refractivity contribution in [1.82, 2.24) is 4.90 Å². The van der Waals surface area contributed by atoms with E-state index in [0.717, 1.165) is 18.3 Å². The summed E-state index contributed by atoms with van der Waals surface area (Å²) < 4.78 is 0. The molecule has 0 radical (unpaired) electrons. The normalized spacial score (nSPS) is 41.5. The third-order valence-electron chi connectivity index (χ3n) is 3.75. The van der Waals surface area contributed by atoms with Gasteiger partial charge in [0.25, 0.3) is 0 Å². The van der Waals surface area contributed by atoms with Gasteiger partial charge in [0, 0.05) is 23.8 Å².